The van der Waals surface area contributed by atoms with Crippen LogP contribution in [0.5, 0.6) is 11.5 Å². The summed E-state index contributed by atoms with van der Waals surface area (Å²) in [6.45, 7) is 5.81. The van der Waals surface area contributed by atoms with Gasteiger partial charge in [-0.25, -0.2) is 4.79 Å². The summed E-state index contributed by atoms with van der Waals surface area (Å²) in [4.78, 5) is 24.1. The molecule has 138 valence electrons. The average Bonchev–Trinajstić information content (AvgIpc) is 2.60. The summed E-state index contributed by atoms with van der Waals surface area (Å²) in [5.41, 5.74) is 2.59. The minimum absolute atomic E-state index is 0.0856. The van der Waals surface area contributed by atoms with Crippen molar-refractivity contribution in [2.45, 2.75) is 39.2 Å². The lowest BCUT2D eigenvalue weighted by molar-refractivity contribution is -0.135. The van der Waals surface area contributed by atoms with E-state index in [-0.39, 0.29) is 24.4 Å². The first-order valence-corrected chi connectivity index (χ1v) is 8.97. The molecular weight excluding hydrogens is 344 g/mol. The second kappa shape index (κ2) is 6.58. The third kappa shape index (κ3) is 3.21. The van der Waals surface area contributed by atoms with Gasteiger partial charge in [-0.2, -0.15) is 0 Å². The van der Waals surface area contributed by atoms with Crippen LogP contribution in [-0.4, -0.2) is 12.1 Å². The number of carbonyl (C=O) groups is 1. The third-order valence-corrected chi connectivity index (χ3v) is 4.72. The molecule has 0 unspecified atom stereocenters. The van der Waals surface area contributed by atoms with Gasteiger partial charge in [0.15, 0.2) is 0 Å². The van der Waals surface area contributed by atoms with Crippen LogP contribution in [0.1, 0.15) is 42.9 Å². The molecule has 1 aliphatic heterocycles. The molecule has 1 aliphatic rings. The Morgan fingerprint density at radius 1 is 1.07 bits per heavy atom. The average molecular weight is 364 g/mol. The summed E-state index contributed by atoms with van der Waals surface area (Å²) in [5.74, 6) is 0.667. The molecule has 4 rings (SSSR count). The quantitative estimate of drug-likeness (QED) is 0.393. The van der Waals surface area contributed by atoms with Crippen LogP contribution in [0.2, 0.25) is 0 Å². The van der Waals surface area contributed by atoms with Crippen LogP contribution < -0.4 is 15.1 Å². The van der Waals surface area contributed by atoms with E-state index >= 15 is 0 Å². The molecular formula is C22H20O5. The fourth-order valence-corrected chi connectivity index (χ4v) is 3.57. The van der Waals surface area contributed by atoms with E-state index in [4.69, 9.17) is 13.9 Å². The lowest BCUT2D eigenvalue weighted by Gasteiger charge is -2.26. The number of ether oxygens (including phenoxy) is 2. The number of fused-ring (bicyclic) bond motifs is 3. The number of benzene rings is 2. The third-order valence-electron chi connectivity index (χ3n) is 4.72. The van der Waals surface area contributed by atoms with E-state index in [0.717, 1.165) is 27.8 Å². The molecule has 1 aromatic heterocycles. The topological polar surface area (TPSA) is 65.7 Å². The fraction of sp³-hybridized carbons (Fsp3) is 0.273. The lowest BCUT2D eigenvalue weighted by atomic mass is 9.85. The van der Waals surface area contributed by atoms with Gasteiger partial charge in [-0.3, -0.25) is 4.79 Å². The smallest absolute Gasteiger partial charge is 0.336 e. The van der Waals surface area contributed by atoms with Crippen LogP contribution in [0.15, 0.2) is 51.7 Å². The molecule has 0 aliphatic carbocycles. The normalized spacial score (nSPS) is 16.3. The van der Waals surface area contributed by atoms with E-state index in [0.29, 0.717) is 11.3 Å². The maximum atomic E-state index is 12.2. The number of rotatable bonds is 3. The molecule has 0 spiro atoms. The molecule has 0 saturated carbocycles. The van der Waals surface area contributed by atoms with Gasteiger partial charge in [0.1, 0.15) is 17.1 Å². The van der Waals surface area contributed by atoms with Crippen molar-refractivity contribution in [1.29, 1.82) is 0 Å². The standard InChI is InChI=1S/C22H20O5/c1-12(2)25-15-6-4-14(5-7-15)17-11-20(24)26-18-9-8-16-13(3)10-19(23)27-22(16)21(17)18/h4-10,12,17H,11H2,1-3H3/t17-/m0/s1. The Labute approximate surface area is 156 Å². The lowest BCUT2D eigenvalue weighted by Crippen LogP contribution is -2.21. The zero-order chi connectivity index (χ0) is 19.1. The van der Waals surface area contributed by atoms with Gasteiger partial charge in [-0.1, -0.05) is 12.1 Å². The highest BCUT2D eigenvalue weighted by atomic mass is 16.5. The van der Waals surface area contributed by atoms with E-state index in [2.05, 4.69) is 0 Å². The van der Waals surface area contributed by atoms with Crippen molar-refractivity contribution in [1.82, 2.24) is 0 Å². The zero-order valence-corrected chi connectivity index (χ0v) is 15.4. The van der Waals surface area contributed by atoms with E-state index in [1.807, 2.05) is 51.1 Å². The van der Waals surface area contributed by atoms with Gasteiger partial charge in [-0.15, -0.1) is 0 Å². The first kappa shape index (κ1) is 17.3. The molecule has 5 heteroatoms. The Kier molecular flexibility index (Phi) is 4.22. The molecule has 0 saturated heterocycles. The summed E-state index contributed by atoms with van der Waals surface area (Å²) in [5, 5.41) is 0.844. The summed E-state index contributed by atoms with van der Waals surface area (Å²) in [7, 11) is 0. The summed E-state index contributed by atoms with van der Waals surface area (Å²) in [6.07, 6.45) is 0.274. The van der Waals surface area contributed by atoms with Crippen LogP contribution in [0.4, 0.5) is 0 Å². The molecule has 1 atom stereocenters. The molecule has 3 aromatic rings. The van der Waals surface area contributed by atoms with Gasteiger partial charge in [0.05, 0.1) is 12.5 Å². The predicted octanol–water partition coefficient (Wildman–Crippen LogP) is 4.33. The first-order valence-electron chi connectivity index (χ1n) is 8.97. The van der Waals surface area contributed by atoms with E-state index in [1.165, 1.54) is 6.07 Å². The van der Waals surface area contributed by atoms with Gasteiger partial charge < -0.3 is 13.9 Å². The van der Waals surface area contributed by atoms with E-state index in [9.17, 15) is 9.59 Å². The summed E-state index contributed by atoms with van der Waals surface area (Å²) >= 11 is 0. The van der Waals surface area contributed by atoms with Gasteiger partial charge in [0, 0.05) is 22.9 Å². The molecule has 0 amide bonds. The Balaban J connectivity index is 1.88. The predicted molar refractivity (Wildman–Crippen MR) is 102 cm³/mol. The Bertz CT molecular complexity index is 1080. The number of esters is 1. The maximum Gasteiger partial charge on any atom is 0.336 e. The van der Waals surface area contributed by atoms with Crippen molar-refractivity contribution in [2.24, 2.45) is 0 Å². The summed E-state index contributed by atoms with van der Waals surface area (Å²) in [6, 6.07) is 12.7. The molecule has 2 heterocycles. The number of hydrogen-bond acceptors (Lipinski definition) is 5. The first-order chi connectivity index (χ1) is 12.9. The van der Waals surface area contributed by atoms with Gasteiger partial charge in [0.2, 0.25) is 0 Å². The number of aryl methyl sites for hydroxylation is 1. The van der Waals surface area contributed by atoms with Gasteiger partial charge in [-0.05, 0) is 56.2 Å². The minimum Gasteiger partial charge on any atom is -0.491 e. The van der Waals surface area contributed by atoms with Crippen LogP contribution in [0.25, 0.3) is 11.0 Å². The van der Waals surface area contributed by atoms with Crippen molar-refractivity contribution in [2.75, 3.05) is 0 Å². The molecule has 5 nitrogen and oxygen atoms in total. The van der Waals surface area contributed by atoms with Crippen LogP contribution in [-0.2, 0) is 4.79 Å². The maximum absolute atomic E-state index is 12.2. The Morgan fingerprint density at radius 3 is 2.52 bits per heavy atom. The minimum atomic E-state index is -0.412. The van der Waals surface area contributed by atoms with E-state index in [1.54, 1.807) is 6.07 Å². The van der Waals surface area contributed by atoms with Crippen LogP contribution in [0, 0.1) is 6.92 Å². The Hall–Kier alpha value is -3.08. The van der Waals surface area contributed by atoms with Crippen molar-refractivity contribution in [3.8, 4) is 11.5 Å². The molecule has 0 N–H and O–H groups in total. The largest absolute Gasteiger partial charge is 0.491 e. The Morgan fingerprint density at radius 2 is 1.81 bits per heavy atom. The van der Waals surface area contributed by atoms with Crippen molar-refractivity contribution in [3.05, 3.63) is 69.6 Å². The fourth-order valence-electron chi connectivity index (χ4n) is 3.57. The molecule has 0 fully saturated rings. The zero-order valence-electron chi connectivity index (χ0n) is 15.4. The van der Waals surface area contributed by atoms with Crippen molar-refractivity contribution in [3.63, 3.8) is 0 Å². The number of carbonyl (C=O) groups excluding carboxylic acids is 1. The van der Waals surface area contributed by atoms with Crippen molar-refractivity contribution >= 4 is 16.9 Å². The van der Waals surface area contributed by atoms with Gasteiger partial charge >= 0.3 is 11.6 Å². The molecule has 0 bridgehead atoms. The highest BCUT2D eigenvalue weighted by Gasteiger charge is 2.31. The van der Waals surface area contributed by atoms with Crippen LogP contribution in [0.3, 0.4) is 0 Å². The SMILES string of the molecule is Cc1cc(=O)oc2c3c(ccc12)OC(=O)C[C@H]3c1ccc(OC(C)C)cc1. The van der Waals surface area contributed by atoms with E-state index < -0.39 is 5.63 Å². The molecule has 27 heavy (non-hydrogen) atoms. The van der Waals surface area contributed by atoms with Gasteiger partial charge in [0.25, 0.3) is 0 Å². The molecule has 0 radical (unpaired) electrons. The van der Waals surface area contributed by atoms with Crippen LogP contribution >= 0.6 is 0 Å². The summed E-state index contributed by atoms with van der Waals surface area (Å²) < 4.78 is 16.7. The highest BCUT2D eigenvalue weighted by molar-refractivity contribution is 5.89. The monoisotopic (exact) mass is 364 g/mol. The second-order valence-electron chi connectivity index (χ2n) is 7.07. The molecule has 2 aromatic carbocycles. The van der Waals surface area contributed by atoms with Crippen molar-refractivity contribution < 1.29 is 18.7 Å². The second-order valence-corrected chi connectivity index (χ2v) is 7.07. The highest BCUT2D eigenvalue weighted by Crippen LogP contribution is 2.43. The number of hydrogen-bond donors (Lipinski definition) is 0.